The number of aromatic nitrogens is 2. The van der Waals surface area contributed by atoms with Crippen LogP contribution in [0.1, 0.15) is 37.9 Å². The Morgan fingerprint density at radius 3 is 2.80 bits per heavy atom. The summed E-state index contributed by atoms with van der Waals surface area (Å²) >= 11 is 6.31. The summed E-state index contributed by atoms with van der Waals surface area (Å²) in [6, 6.07) is 9.12. The first-order valence-corrected chi connectivity index (χ1v) is 7.97. The molecule has 3 nitrogen and oxygen atoms in total. The molecule has 1 saturated carbocycles. The van der Waals surface area contributed by atoms with Crippen LogP contribution < -0.4 is 0 Å². The van der Waals surface area contributed by atoms with Crippen LogP contribution in [0.5, 0.6) is 0 Å². The van der Waals surface area contributed by atoms with Crippen molar-refractivity contribution >= 4 is 22.6 Å². The fourth-order valence-corrected chi connectivity index (χ4v) is 3.07. The molecule has 20 heavy (non-hydrogen) atoms. The zero-order valence-corrected chi connectivity index (χ0v) is 13.0. The molecule has 0 N–H and O–H groups in total. The van der Waals surface area contributed by atoms with Crippen molar-refractivity contribution in [1.29, 1.82) is 0 Å². The number of halogens is 1. The van der Waals surface area contributed by atoms with E-state index in [1.54, 1.807) is 0 Å². The van der Waals surface area contributed by atoms with E-state index < -0.39 is 0 Å². The molecule has 0 saturated heterocycles. The van der Waals surface area contributed by atoms with Gasteiger partial charge in [0.1, 0.15) is 5.82 Å². The lowest BCUT2D eigenvalue weighted by Crippen LogP contribution is -2.29. The first-order valence-electron chi connectivity index (χ1n) is 7.54. The van der Waals surface area contributed by atoms with E-state index in [-0.39, 0.29) is 5.38 Å². The van der Waals surface area contributed by atoms with E-state index in [0.29, 0.717) is 0 Å². The Hall–Kier alpha value is -1.06. The molecular weight excluding hydrogens is 270 g/mol. The van der Waals surface area contributed by atoms with Gasteiger partial charge >= 0.3 is 0 Å². The average Bonchev–Trinajstić information content (AvgIpc) is 3.21. The average molecular weight is 292 g/mol. The summed E-state index contributed by atoms with van der Waals surface area (Å²) in [7, 11) is 0. The monoisotopic (exact) mass is 291 g/mol. The van der Waals surface area contributed by atoms with Crippen molar-refractivity contribution in [1.82, 2.24) is 14.5 Å². The quantitative estimate of drug-likeness (QED) is 0.755. The van der Waals surface area contributed by atoms with Crippen LogP contribution in [-0.4, -0.2) is 33.6 Å². The normalized spacial score (nSPS) is 17.0. The maximum atomic E-state index is 6.31. The highest BCUT2D eigenvalue weighted by Crippen LogP contribution is 2.28. The number of alkyl halides is 1. The maximum absolute atomic E-state index is 6.31. The van der Waals surface area contributed by atoms with E-state index in [1.807, 2.05) is 13.0 Å². The molecular formula is C16H22ClN3. The van der Waals surface area contributed by atoms with Crippen molar-refractivity contribution < 1.29 is 0 Å². The Morgan fingerprint density at radius 1 is 1.40 bits per heavy atom. The summed E-state index contributed by atoms with van der Waals surface area (Å²) in [6.45, 7) is 7.42. The van der Waals surface area contributed by atoms with Crippen molar-refractivity contribution in [3.8, 4) is 0 Å². The van der Waals surface area contributed by atoms with Crippen molar-refractivity contribution in [3.63, 3.8) is 0 Å². The topological polar surface area (TPSA) is 21.1 Å². The number of benzene rings is 1. The molecule has 1 aromatic heterocycles. The molecule has 1 fully saturated rings. The van der Waals surface area contributed by atoms with Gasteiger partial charge in [0, 0.05) is 19.1 Å². The van der Waals surface area contributed by atoms with E-state index >= 15 is 0 Å². The van der Waals surface area contributed by atoms with E-state index in [4.69, 9.17) is 11.6 Å². The first kappa shape index (κ1) is 13.9. The third-order valence-electron chi connectivity index (χ3n) is 4.12. The van der Waals surface area contributed by atoms with E-state index in [2.05, 4.69) is 39.6 Å². The van der Waals surface area contributed by atoms with Gasteiger partial charge in [-0.3, -0.25) is 4.90 Å². The third-order valence-corrected chi connectivity index (χ3v) is 4.32. The lowest BCUT2D eigenvalue weighted by atomic mass is 10.3. The molecule has 1 aromatic carbocycles. The minimum absolute atomic E-state index is 0.0570. The molecule has 0 radical (unpaired) electrons. The summed E-state index contributed by atoms with van der Waals surface area (Å²) < 4.78 is 2.29. The van der Waals surface area contributed by atoms with Crippen LogP contribution in [0, 0.1) is 0 Å². The Bertz CT molecular complexity index is 586. The molecule has 4 heteroatoms. The van der Waals surface area contributed by atoms with Crippen LogP contribution in [0.3, 0.4) is 0 Å². The van der Waals surface area contributed by atoms with E-state index in [1.165, 1.54) is 18.4 Å². The van der Waals surface area contributed by atoms with E-state index in [9.17, 15) is 0 Å². The highest BCUT2D eigenvalue weighted by Gasteiger charge is 2.27. The van der Waals surface area contributed by atoms with E-state index in [0.717, 1.165) is 37.0 Å². The molecule has 108 valence electrons. The maximum Gasteiger partial charge on any atom is 0.127 e. The largest absolute Gasteiger partial charge is 0.325 e. The van der Waals surface area contributed by atoms with Gasteiger partial charge < -0.3 is 4.57 Å². The number of rotatable bonds is 6. The lowest BCUT2D eigenvalue weighted by Gasteiger charge is -2.21. The van der Waals surface area contributed by atoms with Crippen LogP contribution >= 0.6 is 11.6 Å². The molecule has 2 aromatic rings. The van der Waals surface area contributed by atoms with Gasteiger partial charge in [0.05, 0.1) is 16.4 Å². The number of imidazole rings is 1. The number of hydrogen-bond acceptors (Lipinski definition) is 2. The highest BCUT2D eigenvalue weighted by atomic mass is 35.5. The highest BCUT2D eigenvalue weighted by molar-refractivity contribution is 6.20. The van der Waals surface area contributed by atoms with Gasteiger partial charge in [-0.2, -0.15) is 0 Å². The predicted octanol–water partition coefficient (Wildman–Crippen LogP) is 3.82. The van der Waals surface area contributed by atoms with Gasteiger partial charge in [-0.1, -0.05) is 19.1 Å². The number of nitrogens with zero attached hydrogens (tertiary/aromatic N) is 3. The molecule has 1 aliphatic carbocycles. The van der Waals surface area contributed by atoms with Gasteiger partial charge in [0.2, 0.25) is 0 Å². The zero-order chi connectivity index (χ0) is 14.1. The third kappa shape index (κ3) is 2.70. The summed E-state index contributed by atoms with van der Waals surface area (Å²) in [6.07, 6.45) is 2.72. The molecule has 0 aliphatic heterocycles. The van der Waals surface area contributed by atoms with Crippen LogP contribution in [-0.2, 0) is 6.54 Å². The molecule has 0 bridgehead atoms. The Kier molecular flexibility index (Phi) is 3.99. The van der Waals surface area contributed by atoms with Crippen molar-refractivity contribution in [2.75, 3.05) is 13.1 Å². The lowest BCUT2D eigenvalue weighted by molar-refractivity contribution is 0.266. The SMILES string of the molecule is CCN(CCn1c(C(C)Cl)nc2ccccc21)C1CC1. The molecule has 0 amide bonds. The number of fused-ring (bicyclic) bond motifs is 1. The molecule has 1 unspecified atom stereocenters. The second-order valence-corrected chi connectivity index (χ2v) is 6.24. The predicted molar refractivity (Wildman–Crippen MR) is 84.3 cm³/mol. The standard InChI is InChI=1S/C16H22ClN3/c1-3-19(13-8-9-13)10-11-20-15-7-5-4-6-14(15)18-16(20)12(2)17/h4-7,12-13H,3,8-11H2,1-2H3. The second-order valence-electron chi connectivity index (χ2n) is 5.59. The summed E-state index contributed by atoms with van der Waals surface area (Å²) in [4.78, 5) is 7.26. The summed E-state index contributed by atoms with van der Waals surface area (Å²) in [5.41, 5.74) is 2.24. The fraction of sp³-hybridized carbons (Fsp3) is 0.562. The Morgan fingerprint density at radius 2 is 2.15 bits per heavy atom. The Balaban J connectivity index is 1.86. The summed E-state index contributed by atoms with van der Waals surface area (Å²) in [5.74, 6) is 0.986. The smallest absolute Gasteiger partial charge is 0.127 e. The Labute approximate surface area is 125 Å². The first-order chi connectivity index (χ1) is 9.70. The molecule has 0 spiro atoms. The molecule has 1 heterocycles. The van der Waals surface area contributed by atoms with Gasteiger partial charge in [0.15, 0.2) is 0 Å². The van der Waals surface area contributed by atoms with Crippen LogP contribution in [0.4, 0.5) is 0 Å². The van der Waals surface area contributed by atoms with Gasteiger partial charge in [-0.25, -0.2) is 4.98 Å². The van der Waals surface area contributed by atoms with Gasteiger partial charge in [-0.05, 0) is 38.4 Å². The van der Waals surface area contributed by atoms with Gasteiger partial charge in [-0.15, -0.1) is 11.6 Å². The van der Waals surface area contributed by atoms with Crippen LogP contribution in [0.2, 0.25) is 0 Å². The minimum atomic E-state index is -0.0570. The van der Waals surface area contributed by atoms with Crippen LogP contribution in [0.15, 0.2) is 24.3 Å². The van der Waals surface area contributed by atoms with Crippen molar-refractivity contribution in [3.05, 3.63) is 30.1 Å². The molecule has 1 aliphatic rings. The van der Waals surface area contributed by atoms with Gasteiger partial charge in [0.25, 0.3) is 0 Å². The number of likely N-dealkylation sites (N-methyl/N-ethyl adjacent to an activating group) is 1. The zero-order valence-electron chi connectivity index (χ0n) is 12.2. The summed E-state index contributed by atoms with van der Waals surface area (Å²) in [5, 5.41) is -0.0570. The van der Waals surface area contributed by atoms with Crippen molar-refractivity contribution in [2.45, 2.75) is 44.7 Å². The van der Waals surface area contributed by atoms with Crippen LogP contribution in [0.25, 0.3) is 11.0 Å². The minimum Gasteiger partial charge on any atom is -0.325 e. The second kappa shape index (κ2) is 5.74. The number of para-hydroxylation sites is 2. The van der Waals surface area contributed by atoms with Crippen molar-refractivity contribution in [2.24, 2.45) is 0 Å². The molecule has 3 rings (SSSR count). The number of hydrogen-bond donors (Lipinski definition) is 0. The fourth-order valence-electron chi connectivity index (χ4n) is 2.90. The molecule has 1 atom stereocenters.